The van der Waals surface area contributed by atoms with E-state index in [0.717, 1.165) is 24.1 Å². The predicted molar refractivity (Wildman–Crippen MR) is 75.6 cm³/mol. The minimum Gasteiger partial charge on any atom is -0.310 e. The average Bonchev–Trinajstić information content (AvgIpc) is 2.81. The monoisotopic (exact) mass is 249 g/mol. The maximum absolute atomic E-state index is 4.50. The van der Waals surface area contributed by atoms with Crippen molar-refractivity contribution in [2.24, 2.45) is 18.9 Å². The lowest BCUT2D eigenvalue weighted by Crippen LogP contribution is -2.27. The third-order valence-corrected chi connectivity index (χ3v) is 4.72. The molecule has 0 spiro atoms. The molecule has 0 bridgehead atoms. The van der Waals surface area contributed by atoms with E-state index in [1.807, 2.05) is 11.7 Å². The normalized spacial score (nSPS) is 25.6. The zero-order valence-corrected chi connectivity index (χ0v) is 12.5. The zero-order valence-electron chi connectivity index (χ0n) is 12.5. The molecular weight excluding hydrogens is 222 g/mol. The molecule has 3 atom stereocenters. The van der Waals surface area contributed by atoms with Crippen molar-refractivity contribution in [1.82, 2.24) is 15.1 Å². The van der Waals surface area contributed by atoms with E-state index in [1.54, 1.807) is 0 Å². The van der Waals surface area contributed by atoms with Crippen LogP contribution in [0.3, 0.4) is 0 Å². The first-order valence-corrected chi connectivity index (χ1v) is 7.24. The molecule has 102 valence electrons. The van der Waals surface area contributed by atoms with Gasteiger partial charge in [-0.2, -0.15) is 5.10 Å². The second kappa shape index (κ2) is 5.43. The summed E-state index contributed by atoms with van der Waals surface area (Å²) in [6, 6.07) is 0.409. The van der Waals surface area contributed by atoms with E-state index in [4.69, 9.17) is 0 Å². The highest BCUT2D eigenvalue weighted by atomic mass is 15.3. The third kappa shape index (κ3) is 2.61. The van der Waals surface area contributed by atoms with Crippen LogP contribution in [0.4, 0.5) is 0 Å². The molecule has 1 aromatic rings. The Morgan fingerprint density at radius 2 is 2.11 bits per heavy atom. The number of aromatic nitrogens is 2. The lowest BCUT2D eigenvalue weighted by molar-refractivity contribution is 0.374. The van der Waals surface area contributed by atoms with E-state index < -0.39 is 0 Å². The van der Waals surface area contributed by atoms with Crippen molar-refractivity contribution in [1.29, 1.82) is 0 Å². The van der Waals surface area contributed by atoms with Crippen molar-refractivity contribution in [3.05, 3.63) is 17.0 Å². The van der Waals surface area contributed by atoms with Crippen molar-refractivity contribution in [3.63, 3.8) is 0 Å². The Bertz CT molecular complexity index is 408. The fourth-order valence-corrected chi connectivity index (χ4v) is 3.37. The zero-order chi connectivity index (χ0) is 13.3. The molecule has 1 aliphatic rings. The first kappa shape index (κ1) is 13.6. The summed E-state index contributed by atoms with van der Waals surface area (Å²) >= 11 is 0. The smallest absolute Gasteiger partial charge is 0.0644 e. The molecule has 0 aliphatic heterocycles. The highest BCUT2D eigenvalue weighted by Gasteiger charge is 2.24. The molecule has 0 amide bonds. The standard InChI is InChI=1S/C15H27N3/c1-10-7-6-8-14(10)9-16-11(2)15-12(3)17-18(5)13(15)4/h10-11,14,16H,6-9H2,1-5H3. The van der Waals surface area contributed by atoms with Gasteiger partial charge in [0.15, 0.2) is 0 Å². The molecule has 1 aromatic heterocycles. The van der Waals surface area contributed by atoms with Gasteiger partial charge in [0.1, 0.15) is 0 Å². The van der Waals surface area contributed by atoms with Crippen LogP contribution in [0.5, 0.6) is 0 Å². The van der Waals surface area contributed by atoms with E-state index in [1.165, 1.54) is 30.5 Å². The number of nitrogens with one attached hydrogen (secondary N) is 1. The van der Waals surface area contributed by atoms with Crippen LogP contribution in [0.1, 0.15) is 56.1 Å². The summed E-state index contributed by atoms with van der Waals surface area (Å²) in [6.07, 6.45) is 4.21. The predicted octanol–water partition coefficient (Wildman–Crippen LogP) is 3.12. The fraction of sp³-hybridized carbons (Fsp3) is 0.800. The Morgan fingerprint density at radius 1 is 1.39 bits per heavy atom. The number of hydrogen-bond acceptors (Lipinski definition) is 2. The Kier molecular flexibility index (Phi) is 4.10. The first-order valence-electron chi connectivity index (χ1n) is 7.24. The quantitative estimate of drug-likeness (QED) is 0.888. The molecule has 2 rings (SSSR count). The summed E-state index contributed by atoms with van der Waals surface area (Å²) in [5.41, 5.74) is 3.82. The van der Waals surface area contributed by atoms with E-state index in [9.17, 15) is 0 Å². The summed E-state index contributed by atoms with van der Waals surface area (Å²) in [5, 5.41) is 8.22. The number of rotatable bonds is 4. The van der Waals surface area contributed by atoms with Gasteiger partial charge in [-0.05, 0) is 45.6 Å². The van der Waals surface area contributed by atoms with Crippen LogP contribution >= 0.6 is 0 Å². The Balaban J connectivity index is 1.97. The van der Waals surface area contributed by atoms with E-state index in [0.29, 0.717) is 6.04 Å². The Labute approximate surface area is 111 Å². The van der Waals surface area contributed by atoms with Crippen molar-refractivity contribution in [2.75, 3.05) is 6.54 Å². The molecule has 1 N–H and O–H groups in total. The van der Waals surface area contributed by atoms with Crippen molar-refractivity contribution in [3.8, 4) is 0 Å². The lowest BCUT2D eigenvalue weighted by atomic mass is 9.97. The Hall–Kier alpha value is -0.830. The summed E-state index contributed by atoms with van der Waals surface area (Å²) in [4.78, 5) is 0. The molecule has 1 fully saturated rings. The van der Waals surface area contributed by atoms with E-state index in [2.05, 4.69) is 38.1 Å². The van der Waals surface area contributed by atoms with Gasteiger partial charge < -0.3 is 5.32 Å². The Morgan fingerprint density at radius 3 is 2.61 bits per heavy atom. The van der Waals surface area contributed by atoms with Gasteiger partial charge >= 0.3 is 0 Å². The van der Waals surface area contributed by atoms with Crippen LogP contribution in [0.2, 0.25) is 0 Å². The summed E-state index contributed by atoms with van der Waals surface area (Å²) in [5.74, 6) is 1.76. The van der Waals surface area contributed by atoms with E-state index >= 15 is 0 Å². The number of hydrogen-bond donors (Lipinski definition) is 1. The van der Waals surface area contributed by atoms with Crippen LogP contribution < -0.4 is 5.32 Å². The second-order valence-electron chi connectivity index (χ2n) is 6.01. The van der Waals surface area contributed by atoms with Crippen molar-refractivity contribution < 1.29 is 0 Å². The summed E-state index contributed by atoms with van der Waals surface area (Å²) in [7, 11) is 2.03. The van der Waals surface area contributed by atoms with Gasteiger partial charge in [-0.3, -0.25) is 4.68 Å². The van der Waals surface area contributed by atoms with Gasteiger partial charge in [-0.1, -0.05) is 19.8 Å². The molecule has 0 radical (unpaired) electrons. The molecular formula is C15H27N3. The molecule has 3 heteroatoms. The first-order chi connectivity index (χ1) is 8.50. The summed E-state index contributed by atoms with van der Waals surface area (Å²) < 4.78 is 1.99. The number of nitrogens with zero attached hydrogens (tertiary/aromatic N) is 2. The van der Waals surface area contributed by atoms with E-state index in [-0.39, 0.29) is 0 Å². The van der Waals surface area contributed by atoms with Gasteiger partial charge in [-0.25, -0.2) is 0 Å². The van der Waals surface area contributed by atoms with Crippen molar-refractivity contribution >= 4 is 0 Å². The van der Waals surface area contributed by atoms with Crippen LogP contribution in [-0.4, -0.2) is 16.3 Å². The minimum absolute atomic E-state index is 0.409. The molecule has 3 nitrogen and oxygen atoms in total. The molecule has 0 saturated heterocycles. The molecule has 1 heterocycles. The van der Waals surface area contributed by atoms with Crippen LogP contribution in [-0.2, 0) is 7.05 Å². The van der Waals surface area contributed by atoms with Gasteiger partial charge in [0.2, 0.25) is 0 Å². The van der Waals surface area contributed by atoms with Crippen LogP contribution in [0.15, 0.2) is 0 Å². The summed E-state index contributed by atoms with van der Waals surface area (Å²) in [6.45, 7) is 10.1. The average molecular weight is 249 g/mol. The van der Waals surface area contributed by atoms with Crippen molar-refractivity contribution in [2.45, 2.75) is 53.0 Å². The number of aryl methyl sites for hydroxylation is 2. The third-order valence-electron chi connectivity index (χ3n) is 4.72. The molecule has 18 heavy (non-hydrogen) atoms. The second-order valence-corrected chi connectivity index (χ2v) is 6.01. The fourth-order valence-electron chi connectivity index (χ4n) is 3.37. The molecule has 1 aliphatic carbocycles. The lowest BCUT2D eigenvalue weighted by Gasteiger charge is -2.20. The van der Waals surface area contributed by atoms with Gasteiger partial charge in [0.25, 0.3) is 0 Å². The largest absolute Gasteiger partial charge is 0.310 e. The maximum Gasteiger partial charge on any atom is 0.0644 e. The highest BCUT2D eigenvalue weighted by molar-refractivity contribution is 5.27. The topological polar surface area (TPSA) is 29.9 Å². The highest BCUT2D eigenvalue weighted by Crippen LogP contribution is 2.31. The van der Waals surface area contributed by atoms with Crippen LogP contribution in [0, 0.1) is 25.7 Å². The van der Waals surface area contributed by atoms with Crippen LogP contribution in [0.25, 0.3) is 0 Å². The molecule has 1 saturated carbocycles. The van der Waals surface area contributed by atoms with Gasteiger partial charge in [0, 0.05) is 24.3 Å². The van der Waals surface area contributed by atoms with Gasteiger partial charge in [-0.15, -0.1) is 0 Å². The SMILES string of the molecule is Cc1nn(C)c(C)c1C(C)NCC1CCCC1C. The molecule has 0 aromatic carbocycles. The minimum atomic E-state index is 0.409. The maximum atomic E-state index is 4.50. The van der Waals surface area contributed by atoms with Gasteiger partial charge in [0.05, 0.1) is 5.69 Å². The molecule has 3 unspecified atom stereocenters.